The van der Waals surface area contributed by atoms with Crippen LogP contribution >= 0.6 is 0 Å². The van der Waals surface area contributed by atoms with Crippen LogP contribution in [0.3, 0.4) is 0 Å². The number of pyridine rings is 1. The second kappa shape index (κ2) is 5.00. The Morgan fingerprint density at radius 1 is 1.29 bits per heavy atom. The molecule has 4 rings (SSSR count). The van der Waals surface area contributed by atoms with Crippen LogP contribution in [0.5, 0.6) is 0 Å². The second-order valence-corrected chi connectivity index (χ2v) is 5.77. The van der Waals surface area contributed by atoms with E-state index in [1.54, 1.807) is 6.20 Å². The molecule has 3 heterocycles. The van der Waals surface area contributed by atoms with Crippen LogP contribution in [0.1, 0.15) is 6.42 Å². The molecule has 2 atom stereocenters. The van der Waals surface area contributed by atoms with Gasteiger partial charge in [0.15, 0.2) is 0 Å². The number of carbonyl (C=O) groups is 1. The maximum atomic E-state index is 12.6. The summed E-state index contributed by atoms with van der Waals surface area (Å²) in [6, 6.07) is 10.0. The minimum absolute atomic E-state index is 0.00236. The number of benzene rings is 1. The molecule has 1 aromatic heterocycles. The summed E-state index contributed by atoms with van der Waals surface area (Å²) in [5, 5.41) is 7.41. The van der Waals surface area contributed by atoms with Gasteiger partial charge in [-0.3, -0.25) is 4.98 Å². The number of nitrogens with zero attached hydrogens (tertiary/aromatic N) is 2. The monoisotopic (exact) mass is 282 g/mol. The fourth-order valence-electron chi connectivity index (χ4n) is 3.50. The number of nitrogens with one attached hydrogen (secondary N) is 2. The highest BCUT2D eigenvalue weighted by atomic mass is 16.2. The van der Waals surface area contributed by atoms with Gasteiger partial charge < -0.3 is 15.5 Å². The Balaban J connectivity index is 1.58. The molecule has 21 heavy (non-hydrogen) atoms. The van der Waals surface area contributed by atoms with Crippen molar-refractivity contribution < 1.29 is 4.79 Å². The first-order valence-corrected chi connectivity index (χ1v) is 7.45. The zero-order valence-electron chi connectivity index (χ0n) is 11.7. The fourth-order valence-corrected chi connectivity index (χ4v) is 3.50. The summed E-state index contributed by atoms with van der Waals surface area (Å²) in [7, 11) is 0. The lowest BCUT2D eigenvalue weighted by molar-refractivity contribution is 0.206. The molecule has 0 saturated carbocycles. The van der Waals surface area contributed by atoms with E-state index in [9.17, 15) is 4.79 Å². The number of hydrogen-bond donors (Lipinski definition) is 2. The van der Waals surface area contributed by atoms with Crippen LogP contribution in [0.2, 0.25) is 0 Å². The number of fused-ring (bicyclic) bond motifs is 2. The van der Waals surface area contributed by atoms with Gasteiger partial charge in [0.1, 0.15) is 0 Å². The third-order valence-corrected chi connectivity index (χ3v) is 4.59. The van der Waals surface area contributed by atoms with Crippen LogP contribution in [0.4, 0.5) is 10.5 Å². The molecule has 2 aliphatic rings. The van der Waals surface area contributed by atoms with Crippen LogP contribution in [0.15, 0.2) is 36.5 Å². The molecule has 2 aliphatic heterocycles. The topological polar surface area (TPSA) is 57.3 Å². The molecular formula is C16H18N4O. The van der Waals surface area contributed by atoms with Crippen molar-refractivity contribution in [1.82, 2.24) is 15.2 Å². The highest BCUT2D eigenvalue weighted by molar-refractivity contribution is 6.00. The maximum Gasteiger partial charge on any atom is 0.322 e. The number of urea groups is 1. The lowest BCUT2D eigenvalue weighted by Crippen LogP contribution is -2.41. The van der Waals surface area contributed by atoms with Crippen molar-refractivity contribution in [3.8, 4) is 0 Å². The predicted octanol–water partition coefficient (Wildman–Crippen LogP) is 2.06. The maximum absolute atomic E-state index is 12.6. The summed E-state index contributed by atoms with van der Waals surface area (Å²) in [4.78, 5) is 18.9. The fraction of sp³-hybridized carbons (Fsp3) is 0.375. The highest BCUT2D eigenvalue weighted by Gasteiger charge is 2.39. The zero-order chi connectivity index (χ0) is 14.2. The summed E-state index contributed by atoms with van der Waals surface area (Å²) in [6.07, 6.45) is 2.87. The SMILES string of the molecule is O=C(Nc1cccc2ncccc12)N1CC[C@@H]2CNC[C@@H]21. The van der Waals surface area contributed by atoms with E-state index < -0.39 is 0 Å². The Kier molecular flexibility index (Phi) is 3.00. The van der Waals surface area contributed by atoms with Crippen LogP contribution in [0, 0.1) is 5.92 Å². The van der Waals surface area contributed by atoms with Crippen molar-refractivity contribution in [3.05, 3.63) is 36.5 Å². The van der Waals surface area contributed by atoms with Gasteiger partial charge >= 0.3 is 6.03 Å². The van der Waals surface area contributed by atoms with Gasteiger partial charge in [0, 0.05) is 37.3 Å². The zero-order valence-corrected chi connectivity index (χ0v) is 11.7. The van der Waals surface area contributed by atoms with Gasteiger partial charge in [-0.2, -0.15) is 0 Å². The number of likely N-dealkylation sites (tertiary alicyclic amines) is 1. The van der Waals surface area contributed by atoms with Gasteiger partial charge in [-0.15, -0.1) is 0 Å². The van der Waals surface area contributed by atoms with E-state index in [0.717, 1.165) is 42.6 Å². The summed E-state index contributed by atoms with van der Waals surface area (Å²) in [6.45, 7) is 2.80. The number of anilines is 1. The quantitative estimate of drug-likeness (QED) is 0.842. The molecule has 2 saturated heterocycles. The molecule has 2 fully saturated rings. The highest BCUT2D eigenvalue weighted by Crippen LogP contribution is 2.28. The van der Waals surface area contributed by atoms with Crippen molar-refractivity contribution in [2.24, 2.45) is 5.92 Å². The molecule has 0 bridgehead atoms. The molecule has 0 aliphatic carbocycles. The molecule has 2 N–H and O–H groups in total. The van der Waals surface area contributed by atoms with Gasteiger partial charge in [0.25, 0.3) is 0 Å². The number of rotatable bonds is 1. The van der Waals surface area contributed by atoms with Crippen LogP contribution in [-0.4, -0.2) is 41.6 Å². The van der Waals surface area contributed by atoms with Crippen molar-refractivity contribution in [2.75, 3.05) is 25.0 Å². The third kappa shape index (κ3) is 2.14. The standard InChI is InChI=1S/C16H18N4O/c21-16(20-8-6-11-9-17-10-15(11)20)19-14-5-1-4-13-12(14)3-2-7-18-13/h1-5,7,11,15,17H,6,8-10H2,(H,19,21)/t11-,15+/m1/s1. The van der Waals surface area contributed by atoms with Crippen molar-refractivity contribution >= 4 is 22.6 Å². The Morgan fingerprint density at radius 2 is 2.24 bits per heavy atom. The largest absolute Gasteiger partial charge is 0.322 e. The van der Waals surface area contributed by atoms with Crippen molar-refractivity contribution in [1.29, 1.82) is 0 Å². The lowest BCUT2D eigenvalue weighted by Gasteiger charge is -2.24. The van der Waals surface area contributed by atoms with Gasteiger partial charge in [0.2, 0.25) is 0 Å². The van der Waals surface area contributed by atoms with Gasteiger partial charge in [-0.25, -0.2) is 4.79 Å². The first kappa shape index (κ1) is 12.6. The van der Waals surface area contributed by atoms with Crippen LogP contribution < -0.4 is 10.6 Å². The molecule has 108 valence electrons. The molecule has 5 heteroatoms. The molecule has 2 amide bonds. The first-order chi connectivity index (χ1) is 10.3. The number of amides is 2. The second-order valence-electron chi connectivity index (χ2n) is 5.77. The van der Waals surface area contributed by atoms with Crippen molar-refractivity contribution in [3.63, 3.8) is 0 Å². The smallest absolute Gasteiger partial charge is 0.320 e. The number of aromatic nitrogens is 1. The summed E-state index contributed by atoms with van der Waals surface area (Å²) in [5.74, 6) is 0.616. The van der Waals surface area contributed by atoms with E-state index in [4.69, 9.17) is 0 Å². The Hall–Kier alpha value is -2.14. The summed E-state index contributed by atoms with van der Waals surface area (Å²) < 4.78 is 0. The predicted molar refractivity (Wildman–Crippen MR) is 82.2 cm³/mol. The van der Waals surface area contributed by atoms with Crippen LogP contribution in [0.25, 0.3) is 10.9 Å². The molecule has 2 aromatic rings. The molecule has 5 nitrogen and oxygen atoms in total. The molecule has 0 radical (unpaired) electrons. The first-order valence-electron chi connectivity index (χ1n) is 7.45. The minimum Gasteiger partial charge on any atom is -0.320 e. The number of carbonyl (C=O) groups excluding carboxylic acids is 1. The summed E-state index contributed by atoms with van der Waals surface area (Å²) in [5.41, 5.74) is 1.73. The van der Waals surface area contributed by atoms with E-state index >= 15 is 0 Å². The molecule has 1 aromatic carbocycles. The minimum atomic E-state index is 0.00236. The molecular weight excluding hydrogens is 264 g/mol. The van der Waals surface area contributed by atoms with Crippen molar-refractivity contribution in [2.45, 2.75) is 12.5 Å². The Bertz CT molecular complexity index is 682. The van der Waals surface area contributed by atoms with E-state index in [-0.39, 0.29) is 6.03 Å². The summed E-state index contributed by atoms with van der Waals surface area (Å²) >= 11 is 0. The normalized spacial score (nSPS) is 24.3. The van der Waals surface area contributed by atoms with Gasteiger partial charge in [-0.1, -0.05) is 6.07 Å². The average molecular weight is 282 g/mol. The Labute approximate surface area is 123 Å². The van der Waals surface area contributed by atoms with Crippen LogP contribution in [-0.2, 0) is 0 Å². The van der Waals surface area contributed by atoms with E-state index in [2.05, 4.69) is 15.6 Å². The number of hydrogen-bond acceptors (Lipinski definition) is 3. The Morgan fingerprint density at radius 3 is 3.19 bits per heavy atom. The molecule has 0 unspecified atom stereocenters. The van der Waals surface area contributed by atoms with Gasteiger partial charge in [-0.05, 0) is 36.6 Å². The molecule has 0 spiro atoms. The van der Waals surface area contributed by atoms with E-state index in [1.165, 1.54) is 0 Å². The van der Waals surface area contributed by atoms with E-state index in [0.29, 0.717) is 12.0 Å². The average Bonchev–Trinajstić information content (AvgIpc) is 3.10. The third-order valence-electron chi connectivity index (χ3n) is 4.59. The lowest BCUT2D eigenvalue weighted by atomic mass is 10.1. The van der Waals surface area contributed by atoms with E-state index in [1.807, 2.05) is 35.2 Å². The van der Waals surface area contributed by atoms with Gasteiger partial charge in [0.05, 0.1) is 11.2 Å².